The molecule has 6 heteroatoms. The van der Waals surface area contributed by atoms with Crippen LogP contribution in [0.3, 0.4) is 0 Å². The van der Waals surface area contributed by atoms with Crippen LogP contribution < -0.4 is 0 Å². The molecule has 0 amide bonds. The zero-order valence-electron chi connectivity index (χ0n) is 9.02. The minimum Gasteiger partial charge on any atom is -0.623 e. The maximum atomic E-state index is 11.5. The number of ether oxygens (including phenoxy) is 2. The molecule has 0 N–H and O–H groups in total. The molecule has 0 unspecified atom stereocenters. The molecule has 1 heterocycles. The fourth-order valence-electron chi connectivity index (χ4n) is 2.09. The number of rotatable bonds is 0. The molecular formula is C10H13NO5. The molecule has 2 aliphatic rings. The van der Waals surface area contributed by atoms with E-state index in [-0.39, 0.29) is 4.74 Å². The highest BCUT2D eigenvalue weighted by molar-refractivity contribution is 6.61. The number of hydrogen-bond donors (Lipinski definition) is 0. The summed E-state index contributed by atoms with van der Waals surface area (Å²) < 4.78 is 10.4. The SMILES string of the molecule is C[N+]([O-])=C1C(=O)OC2(CCCCC2)OC1=O. The molecule has 1 spiro atoms. The minimum absolute atomic E-state index is 0.181. The van der Waals surface area contributed by atoms with Gasteiger partial charge in [-0.3, -0.25) is 0 Å². The molecule has 0 atom stereocenters. The van der Waals surface area contributed by atoms with Gasteiger partial charge in [0, 0.05) is 12.8 Å². The molecule has 0 aromatic heterocycles. The van der Waals surface area contributed by atoms with Crippen molar-refractivity contribution in [2.75, 3.05) is 7.05 Å². The number of esters is 2. The summed E-state index contributed by atoms with van der Waals surface area (Å²) >= 11 is 0. The maximum Gasteiger partial charge on any atom is 0.415 e. The van der Waals surface area contributed by atoms with E-state index in [1.165, 1.54) is 0 Å². The van der Waals surface area contributed by atoms with Crippen molar-refractivity contribution >= 4 is 17.7 Å². The molecular weight excluding hydrogens is 214 g/mol. The maximum absolute atomic E-state index is 11.5. The predicted molar refractivity (Wildman–Crippen MR) is 52.6 cm³/mol. The van der Waals surface area contributed by atoms with E-state index < -0.39 is 23.4 Å². The van der Waals surface area contributed by atoms with E-state index in [0.717, 1.165) is 26.3 Å². The molecule has 2 rings (SSSR count). The fraction of sp³-hybridized carbons (Fsp3) is 0.700. The van der Waals surface area contributed by atoms with E-state index in [0.29, 0.717) is 12.8 Å². The Morgan fingerprint density at radius 3 is 2.06 bits per heavy atom. The Hall–Kier alpha value is -1.59. The average molecular weight is 227 g/mol. The van der Waals surface area contributed by atoms with Gasteiger partial charge in [0.15, 0.2) is 0 Å². The topological polar surface area (TPSA) is 78.7 Å². The Labute approximate surface area is 92.4 Å². The van der Waals surface area contributed by atoms with Crippen LogP contribution in [0.25, 0.3) is 0 Å². The third-order valence-corrected chi connectivity index (χ3v) is 2.87. The van der Waals surface area contributed by atoms with E-state index in [1.54, 1.807) is 0 Å². The summed E-state index contributed by atoms with van der Waals surface area (Å²) in [5.41, 5.74) is -0.587. The fourth-order valence-corrected chi connectivity index (χ4v) is 2.09. The quantitative estimate of drug-likeness (QED) is 0.258. The van der Waals surface area contributed by atoms with E-state index in [9.17, 15) is 14.8 Å². The minimum atomic E-state index is -1.12. The van der Waals surface area contributed by atoms with Gasteiger partial charge < -0.3 is 14.7 Å². The van der Waals surface area contributed by atoms with Crippen LogP contribution in [0.5, 0.6) is 0 Å². The first-order valence-corrected chi connectivity index (χ1v) is 5.29. The molecule has 16 heavy (non-hydrogen) atoms. The number of carbonyl (C=O) groups is 2. The number of carbonyl (C=O) groups excluding carboxylic acids is 2. The summed E-state index contributed by atoms with van der Waals surface area (Å²) in [6.07, 6.45) is 3.77. The van der Waals surface area contributed by atoms with Crippen LogP contribution in [0.15, 0.2) is 0 Å². The summed E-state index contributed by atoms with van der Waals surface area (Å²) in [5, 5.41) is 11.0. The second-order valence-corrected chi connectivity index (χ2v) is 4.10. The van der Waals surface area contributed by atoms with E-state index in [1.807, 2.05) is 0 Å². The largest absolute Gasteiger partial charge is 0.623 e. The van der Waals surface area contributed by atoms with Gasteiger partial charge in [-0.25, -0.2) is 9.59 Å². The summed E-state index contributed by atoms with van der Waals surface area (Å²) in [5.74, 6) is -2.88. The molecule has 1 aliphatic carbocycles. The molecule has 1 saturated carbocycles. The van der Waals surface area contributed by atoms with Crippen LogP contribution in [0.4, 0.5) is 0 Å². The van der Waals surface area contributed by atoms with E-state index in [2.05, 4.69) is 0 Å². The Balaban J connectivity index is 2.24. The van der Waals surface area contributed by atoms with Crippen molar-refractivity contribution in [3.63, 3.8) is 0 Å². The van der Waals surface area contributed by atoms with Crippen LogP contribution >= 0.6 is 0 Å². The average Bonchev–Trinajstić information content (AvgIpc) is 2.16. The van der Waals surface area contributed by atoms with E-state index in [4.69, 9.17) is 9.47 Å². The Bertz CT molecular complexity index is 341. The van der Waals surface area contributed by atoms with Crippen LogP contribution in [-0.2, 0) is 19.1 Å². The molecule has 0 aromatic rings. The second-order valence-electron chi connectivity index (χ2n) is 4.10. The lowest BCUT2D eigenvalue weighted by atomic mass is 9.93. The standard InChI is InChI=1S/C10H13NO5/c1-11(14)7-8(12)15-10(16-9(7)13)5-3-2-4-6-10/h2-6H2,1H3. The highest BCUT2D eigenvalue weighted by atomic mass is 16.7. The van der Waals surface area contributed by atoms with Crippen molar-refractivity contribution in [3.8, 4) is 0 Å². The summed E-state index contributed by atoms with van der Waals surface area (Å²) in [4.78, 5) is 23.0. The van der Waals surface area contributed by atoms with Crippen LogP contribution in [0, 0.1) is 5.21 Å². The van der Waals surface area contributed by atoms with Gasteiger partial charge in [-0.1, -0.05) is 6.42 Å². The molecule has 1 saturated heterocycles. The van der Waals surface area contributed by atoms with Gasteiger partial charge in [-0.2, -0.15) is 4.74 Å². The van der Waals surface area contributed by atoms with Gasteiger partial charge in [-0.15, -0.1) is 0 Å². The number of nitrogens with zero attached hydrogens (tertiary/aromatic N) is 1. The third kappa shape index (κ3) is 1.75. The lowest BCUT2D eigenvalue weighted by molar-refractivity contribution is -0.424. The van der Waals surface area contributed by atoms with Crippen LogP contribution in [0.1, 0.15) is 32.1 Å². The molecule has 0 aromatic carbocycles. The Morgan fingerprint density at radius 2 is 1.62 bits per heavy atom. The summed E-state index contributed by atoms with van der Waals surface area (Å²) in [6.45, 7) is 0. The highest BCUT2D eigenvalue weighted by Gasteiger charge is 2.50. The van der Waals surface area contributed by atoms with Crippen molar-refractivity contribution in [3.05, 3.63) is 5.21 Å². The van der Waals surface area contributed by atoms with Gasteiger partial charge in [0.2, 0.25) is 0 Å². The third-order valence-electron chi connectivity index (χ3n) is 2.87. The highest BCUT2D eigenvalue weighted by Crippen LogP contribution is 2.35. The number of hydrogen-bond acceptors (Lipinski definition) is 5. The molecule has 0 bridgehead atoms. The Kier molecular flexibility index (Phi) is 2.57. The van der Waals surface area contributed by atoms with Gasteiger partial charge >= 0.3 is 17.7 Å². The van der Waals surface area contributed by atoms with Crippen molar-refractivity contribution in [1.29, 1.82) is 0 Å². The molecule has 6 nitrogen and oxygen atoms in total. The molecule has 2 fully saturated rings. The van der Waals surface area contributed by atoms with Gasteiger partial charge in [0.05, 0.1) is 0 Å². The molecule has 88 valence electrons. The first kappa shape index (κ1) is 10.9. The zero-order valence-corrected chi connectivity index (χ0v) is 9.02. The smallest absolute Gasteiger partial charge is 0.415 e. The van der Waals surface area contributed by atoms with E-state index >= 15 is 0 Å². The second kappa shape index (κ2) is 3.77. The monoisotopic (exact) mass is 227 g/mol. The normalized spacial score (nSPS) is 23.9. The predicted octanol–water partition coefficient (Wildman–Crippen LogP) is 0.328. The Morgan fingerprint density at radius 1 is 1.12 bits per heavy atom. The van der Waals surface area contributed by atoms with Crippen LogP contribution in [-0.4, -0.2) is 35.2 Å². The van der Waals surface area contributed by atoms with Gasteiger partial charge in [0.25, 0.3) is 5.79 Å². The van der Waals surface area contributed by atoms with Crippen molar-refractivity contribution in [2.24, 2.45) is 0 Å². The first-order valence-electron chi connectivity index (χ1n) is 5.29. The van der Waals surface area contributed by atoms with Gasteiger partial charge in [0.1, 0.15) is 7.05 Å². The molecule has 1 aliphatic heterocycles. The summed E-state index contributed by atoms with van der Waals surface area (Å²) in [6, 6.07) is 0. The lowest BCUT2D eigenvalue weighted by Crippen LogP contribution is -2.53. The molecule has 0 radical (unpaired) electrons. The van der Waals surface area contributed by atoms with Crippen molar-refractivity contribution in [2.45, 2.75) is 37.9 Å². The zero-order chi connectivity index (χ0) is 11.8. The summed E-state index contributed by atoms with van der Waals surface area (Å²) in [7, 11) is 1.07. The van der Waals surface area contributed by atoms with Crippen LogP contribution in [0.2, 0.25) is 0 Å². The lowest BCUT2D eigenvalue weighted by Gasteiger charge is -2.37. The number of hydroxylamine groups is 1. The van der Waals surface area contributed by atoms with Crippen molar-refractivity contribution in [1.82, 2.24) is 0 Å². The van der Waals surface area contributed by atoms with Crippen molar-refractivity contribution < 1.29 is 23.8 Å². The first-order chi connectivity index (χ1) is 7.54. The van der Waals surface area contributed by atoms with Gasteiger partial charge in [-0.05, 0) is 12.8 Å².